The SMILES string of the molecule is COc1cc(NC2CN(C(=O)OC(C)(C)C)C2)ccc1[C@@H]1c2ccc3c(cnn3C3CCCCO3)c2C[C@@H](C)N1CC1(F)CC1. The monoisotopic (exact) mass is 619 g/mol. The summed E-state index contributed by atoms with van der Waals surface area (Å²) in [6.45, 7) is 10.2. The van der Waals surface area contributed by atoms with Gasteiger partial charge in [0.1, 0.15) is 17.0 Å². The number of methoxy groups -OCH3 is 1. The maximum atomic E-state index is 15.5. The molecule has 2 aromatic carbocycles. The number of amides is 1. The molecule has 4 aliphatic rings. The number of likely N-dealkylation sites (tertiary alicyclic amines) is 1. The van der Waals surface area contributed by atoms with E-state index in [9.17, 15) is 4.79 Å². The minimum Gasteiger partial charge on any atom is -0.496 e. The number of carbonyl (C=O) groups excluding carboxylic acids is 1. The highest BCUT2D eigenvalue weighted by molar-refractivity contribution is 5.84. The van der Waals surface area contributed by atoms with Crippen molar-refractivity contribution in [2.75, 3.05) is 38.7 Å². The van der Waals surface area contributed by atoms with Crippen LogP contribution in [-0.2, 0) is 15.9 Å². The average molecular weight is 620 g/mol. The Labute approximate surface area is 265 Å². The molecule has 1 unspecified atom stereocenters. The molecule has 7 rings (SSSR count). The molecule has 3 aromatic rings. The lowest BCUT2D eigenvalue weighted by Crippen LogP contribution is -2.57. The van der Waals surface area contributed by atoms with E-state index in [4.69, 9.17) is 19.3 Å². The number of ether oxygens (including phenoxy) is 3. The second-order valence-electron chi connectivity index (χ2n) is 14.4. The minimum absolute atomic E-state index is 0.0316. The lowest BCUT2D eigenvalue weighted by Gasteiger charge is -2.43. The van der Waals surface area contributed by atoms with E-state index in [-0.39, 0.29) is 30.4 Å². The van der Waals surface area contributed by atoms with Gasteiger partial charge in [-0.2, -0.15) is 5.10 Å². The standard InChI is InChI=1S/C35H46FN5O4/c1-22-16-27-25(11-12-29-28(27)18-37-41(29)31-8-6-7-15-44-31)32(40(22)21-35(36)13-14-35)26-10-9-23(17-30(26)43-5)38-24-19-39(20-24)33(42)45-34(2,3)4/h9-12,17-18,22,24,31-32,38H,6-8,13-16,19-21H2,1-5H3/t22-,31?,32+/m1/s1. The fraction of sp³-hybridized carbons (Fsp3) is 0.600. The first-order chi connectivity index (χ1) is 21.5. The number of nitrogens with one attached hydrogen (secondary N) is 1. The highest BCUT2D eigenvalue weighted by Gasteiger charge is 2.48. The van der Waals surface area contributed by atoms with Crippen molar-refractivity contribution in [1.82, 2.24) is 19.6 Å². The fourth-order valence-electron chi connectivity index (χ4n) is 7.19. The first kappa shape index (κ1) is 30.3. The molecule has 1 amide bonds. The number of rotatable bonds is 7. The lowest BCUT2D eigenvalue weighted by atomic mass is 9.83. The van der Waals surface area contributed by atoms with Crippen LogP contribution >= 0.6 is 0 Å². The van der Waals surface area contributed by atoms with Gasteiger partial charge in [0, 0.05) is 55.0 Å². The van der Waals surface area contributed by atoms with Gasteiger partial charge in [-0.15, -0.1) is 0 Å². The summed E-state index contributed by atoms with van der Waals surface area (Å²) in [5.74, 6) is 0.758. The number of hydrogen-bond donors (Lipinski definition) is 1. The number of anilines is 1. The van der Waals surface area contributed by atoms with Gasteiger partial charge in [-0.3, -0.25) is 4.90 Å². The fourth-order valence-corrected chi connectivity index (χ4v) is 7.19. The van der Waals surface area contributed by atoms with Gasteiger partial charge < -0.3 is 24.4 Å². The molecular formula is C35H46FN5O4. The summed E-state index contributed by atoms with van der Waals surface area (Å²) in [7, 11) is 1.70. The van der Waals surface area contributed by atoms with Crippen molar-refractivity contribution >= 4 is 22.7 Å². The van der Waals surface area contributed by atoms with Crippen LogP contribution < -0.4 is 10.1 Å². The van der Waals surface area contributed by atoms with Crippen molar-refractivity contribution in [3.8, 4) is 5.75 Å². The highest BCUT2D eigenvalue weighted by Crippen LogP contribution is 2.48. The molecule has 4 heterocycles. The zero-order valence-corrected chi connectivity index (χ0v) is 27.1. The number of hydrogen-bond acceptors (Lipinski definition) is 7. The molecule has 242 valence electrons. The Hall–Kier alpha value is -3.37. The molecule has 45 heavy (non-hydrogen) atoms. The van der Waals surface area contributed by atoms with Crippen molar-refractivity contribution in [1.29, 1.82) is 0 Å². The highest BCUT2D eigenvalue weighted by atomic mass is 19.1. The first-order valence-electron chi connectivity index (χ1n) is 16.5. The van der Waals surface area contributed by atoms with E-state index in [0.717, 1.165) is 60.2 Å². The van der Waals surface area contributed by atoms with Crippen LogP contribution in [0.4, 0.5) is 14.9 Å². The number of fused-ring (bicyclic) bond motifs is 3. The van der Waals surface area contributed by atoms with Crippen molar-refractivity contribution in [3.05, 3.63) is 53.2 Å². The van der Waals surface area contributed by atoms with Crippen LogP contribution in [0.5, 0.6) is 5.75 Å². The van der Waals surface area contributed by atoms with Crippen LogP contribution in [0.2, 0.25) is 0 Å². The lowest BCUT2D eigenvalue weighted by molar-refractivity contribution is -0.0366. The van der Waals surface area contributed by atoms with Crippen LogP contribution in [0, 0.1) is 0 Å². The zero-order valence-electron chi connectivity index (χ0n) is 27.1. The molecule has 3 fully saturated rings. The van der Waals surface area contributed by atoms with Gasteiger partial charge in [0.05, 0.1) is 30.9 Å². The molecule has 0 bridgehead atoms. The molecule has 1 N–H and O–H groups in total. The summed E-state index contributed by atoms with van der Waals surface area (Å²) in [6.07, 6.45) is 6.94. The van der Waals surface area contributed by atoms with Crippen molar-refractivity contribution < 1.29 is 23.4 Å². The van der Waals surface area contributed by atoms with E-state index in [0.29, 0.717) is 32.5 Å². The molecule has 1 saturated carbocycles. The topological polar surface area (TPSA) is 81.1 Å². The van der Waals surface area contributed by atoms with E-state index in [2.05, 4.69) is 41.4 Å². The molecule has 3 aliphatic heterocycles. The largest absolute Gasteiger partial charge is 0.496 e. The summed E-state index contributed by atoms with van der Waals surface area (Å²) in [5, 5.41) is 9.51. The molecule has 9 nitrogen and oxygen atoms in total. The average Bonchev–Trinajstić information content (AvgIpc) is 3.55. The molecule has 2 saturated heterocycles. The molecule has 1 aliphatic carbocycles. The number of halogens is 1. The Morgan fingerprint density at radius 3 is 2.62 bits per heavy atom. The molecule has 3 atom stereocenters. The van der Waals surface area contributed by atoms with Gasteiger partial charge in [-0.1, -0.05) is 12.1 Å². The first-order valence-corrected chi connectivity index (χ1v) is 16.5. The maximum absolute atomic E-state index is 15.5. The Balaban J connectivity index is 1.19. The normalized spacial score (nSPS) is 25.0. The van der Waals surface area contributed by atoms with Gasteiger partial charge in [-0.05, 0) is 89.5 Å². The number of alkyl halides is 1. The van der Waals surface area contributed by atoms with Crippen LogP contribution in [0.15, 0.2) is 36.5 Å². The van der Waals surface area contributed by atoms with Crippen molar-refractivity contribution in [2.45, 2.75) is 102 Å². The molecule has 1 aromatic heterocycles. The second-order valence-corrected chi connectivity index (χ2v) is 14.4. The van der Waals surface area contributed by atoms with Gasteiger partial charge in [0.25, 0.3) is 0 Å². The summed E-state index contributed by atoms with van der Waals surface area (Å²) in [6, 6.07) is 10.7. The van der Waals surface area contributed by atoms with E-state index in [1.54, 1.807) is 12.0 Å². The van der Waals surface area contributed by atoms with Gasteiger partial charge in [0.2, 0.25) is 0 Å². The predicted octanol–water partition coefficient (Wildman–Crippen LogP) is 6.61. The van der Waals surface area contributed by atoms with Gasteiger partial charge in [0.15, 0.2) is 6.23 Å². The Kier molecular flexibility index (Phi) is 7.71. The van der Waals surface area contributed by atoms with E-state index in [1.165, 1.54) is 11.1 Å². The van der Waals surface area contributed by atoms with Crippen LogP contribution in [-0.4, -0.2) is 82.4 Å². The number of benzene rings is 2. The summed E-state index contributed by atoms with van der Waals surface area (Å²) < 4.78 is 35.1. The summed E-state index contributed by atoms with van der Waals surface area (Å²) in [4.78, 5) is 16.4. The van der Waals surface area contributed by atoms with Crippen molar-refractivity contribution in [3.63, 3.8) is 0 Å². The third-order valence-electron chi connectivity index (χ3n) is 9.74. The number of nitrogens with zero attached hydrogens (tertiary/aromatic N) is 4. The number of aromatic nitrogens is 2. The molecule has 10 heteroatoms. The predicted molar refractivity (Wildman–Crippen MR) is 172 cm³/mol. The smallest absolute Gasteiger partial charge is 0.410 e. The third kappa shape index (κ3) is 5.99. The molecular weight excluding hydrogens is 573 g/mol. The van der Waals surface area contributed by atoms with E-state index >= 15 is 4.39 Å². The van der Waals surface area contributed by atoms with Crippen LogP contribution in [0.1, 0.15) is 88.8 Å². The van der Waals surface area contributed by atoms with Crippen molar-refractivity contribution in [2.24, 2.45) is 0 Å². The van der Waals surface area contributed by atoms with Gasteiger partial charge in [-0.25, -0.2) is 13.9 Å². The number of carbonyl (C=O) groups is 1. The summed E-state index contributed by atoms with van der Waals surface area (Å²) in [5.41, 5.74) is 3.85. The van der Waals surface area contributed by atoms with E-state index < -0.39 is 11.3 Å². The third-order valence-corrected chi connectivity index (χ3v) is 9.74. The Bertz CT molecular complexity index is 1570. The zero-order chi connectivity index (χ0) is 31.5. The molecule has 0 spiro atoms. The minimum atomic E-state index is -1.13. The van der Waals surface area contributed by atoms with Crippen LogP contribution in [0.25, 0.3) is 10.9 Å². The second kappa shape index (κ2) is 11.5. The maximum Gasteiger partial charge on any atom is 0.410 e. The Morgan fingerprint density at radius 2 is 1.93 bits per heavy atom. The summed E-state index contributed by atoms with van der Waals surface area (Å²) >= 11 is 0. The Morgan fingerprint density at radius 1 is 1.16 bits per heavy atom. The molecule has 0 radical (unpaired) electrons. The van der Waals surface area contributed by atoms with E-state index in [1.807, 2.05) is 37.7 Å². The quantitative estimate of drug-likeness (QED) is 0.319. The van der Waals surface area contributed by atoms with Gasteiger partial charge >= 0.3 is 6.09 Å². The van der Waals surface area contributed by atoms with Crippen LogP contribution in [0.3, 0.4) is 0 Å².